The number of hydrogen-bond donors (Lipinski definition) is 6. The van der Waals surface area contributed by atoms with Crippen molar-refractivity contribution in [1.29, 1.82) is 0 Å². The number of H-pyrrole nitrogens is 5. The summed E-state index contributed by atoms with van der Waals surface area (Å²) in [6.45, 7) is 16.3. The van der Waals surface area contributed by atoms with Crippen molar-refractivity contribution in [3.05, 3.63) is 155 Å². The number of amides is 2. The number of benzene rings is 6. The second-order valence-electron chi connectivity index (χ2n) is 28.2. The van der Waals surface area contributed by atoms with Crippen LogP contribution in [0.15, 0.2) is 134 Å². The van der Waals surface area contributed by atoms with E-state index in [-0.39, 0.29) is 22.8 Å². The molecule has 5 aliphatic heterocycles. The third-order valence-electron chi connectivity index (χ3n) is 21.2. The van der Waals surface area contributed by atoms with E-state index in [1.165, 1.54) is 11.9 Å². The Morgan fingerprint density at radius 1 is 0.427 bits per heavy atom. The number of carbonyl (C=O) groups excluding carboxylic acids is 2. The maximum Gasteiger partial charge on any atom is 0.233 e. The van der Waals surface area contributed by atoms with Crippen LogP contribution in [0.1, 0.15) is 51.0 Å². The molecule has 1 aliphatic carbocycles. The highest BCUT2D eigenvalue weighted by atomic mass is 35.5. The van der Waals surface area contributed by atoms with Gasteiger partial charge in [-0.05, 0) is 91.9 Å². The van der Waals surface area contributed by atoms with Crippen molar-refractivity contribution < 1.29 is 34.8 Å². The zero-order valence-electron chi connectivity index (χ0n) is 61.9. The summed E-state index contributed by atoms with van der Waals surface area (Å²) in [5.41, 5.74) is 11.0. The van der Waals surface area contributed by atoms with Crippen molar-refractivity contribution in [3.63, 3.8) is 0 Å². The molecule has 6 fully saturated rings. The number of halogens is 3. The fourth-order valence-corrected chi connectivity index (χ4v) is 20.3. The number of sulfonamides is 3. The van der Waals surface area contributed by atoms with Crippen LogP contribution in [0, 0.1) is 0 Å². The van der Waals surface area contributed by atoms with Gasteiger partial charge in [-0.3, -0.25) is 40.0 Å². The Morgan fingerprint density at radius 2 is 0.818 bits per heavy atom. The lowest BCUT2D eigenvalue weighted by Crippen LogP contribution is -2.50. The Hall–Kier alpha value is -8.83. The summed E-state index contributed by atoms with van der Waals surface area (Å²) >= 11 is 18.6. The summed E-state index contributed by atoms with van der Waals surface area (Å²) in [7, 11) is -7.90. The lowest BCUT2D eigenvalue weighted by atomic mass is 10.2. The molecule has 2 amide bonds. The predicted octanol–water partition coefficient (Wildman–Crippen LogP) is 9.22. The lowest BCUT2D eigenvalue weighted by molar-refractivity contribution is -0.128. The number of aromatic nitrogens is 10. The van der Waals surface area contributed by atoms with Crippen molar-refractivity contribution in [2.45, 2.75) is 56.5 Å². The molecule has 0 spiro atoms. The molecule has 11 aromatic rings. The average molecular weight is 1620 g/mol. The molecule has 17 rings (SSSR count). The molecule has 35 heteroatoms. The Balaban J connectivity index is 0.000000121. The van der Waals surface area contributed by atoms with Gasteiger partial charge < -0.3 is 34.7 Å². The van der Waals surface area contributed by atoms with E-state index in [1.54, 1.807) is 39.3 Å². The van der Waals surface area contributed by atoms with Crippen molar-refractivity contribution in [2.75, 3.05) is 175 Å². The molecule has 6 aliphatic rings. The summed E-state index contributed by atoms with van der Waals surface area (Å²) in [5.74, 6) is 0.267. The first-order chi connectivity index (χ1) is 53.1. The fourth-order valence-electron chi connectivity index (χ4n) is 15.3. The SMILES string of the molecule is CC(=O)N1CCCN(c2cccc3[nH]ncc23)CC1.CNC(=O)CN1CCN(c2cc(Cl)cc3[nH]ncc23)CC1.CS(=O)(=O)N1CCCN(c2cccc3[nH]ncc23)CC1.O=S(=O)(C1CCCC1)N1CCN(c2cc(Cl)cc3[nH]ncc23)CC1.O=S(=O)(Cc1ccccc1)N1CCN(c2cc(Cl)cc3[nH]ncc23)CC1. The number of anilines is 5. The molecule has 0 unspecified atom stereocenters. The van der Waals surface area contributed by atoms with Crippen molar-refractivity contribution in [3.8, 4) is 0 Å². The number of carbonyl (C=O) groups is 2. The molecule has 29 nitrogen and oxygen atoms in total. The van der Waals surface area contributed by atoms with Gasteiger partial charge in [0.1, 0.15) is 0 Å². The van der Waals surface area contributed by atoms with Crippen LogP contribution in [0.3, 0.4) is 0 Å². The van der Waals surface area contributed by atoms with Gasteiger partial charge in [0.05, 0.1) is 82.4 Å². The molecule has 6 N–H and O–H groups in total. The molecule has 10 heterocycles. The molecular weight excluding hydrogens is 1530 g/mol. The maximum absolute atomic E-state index is 12.7. The maximum atomic E-state index is 12.7. The van der Waals surface area contributed by atoms with Crippen LogP contribution in [0.25, 0.3) is 54.5 Å². The third kappa shape index (κ3) is 19.2. The van der Waals surface area contributed by atoms with Gasteiger partial charge in [-0.25, -0.2) is 29.6 Å². The van der Waals surface area contributed by atoms with Crippen LogP contribution >= 0.6 is 34.8 Å². The first-order valence-corrected chi connectivity index (χ1v) is 43.3. The third-order valence-corrected chi connectivity index (χ3v) is 27.4. The van der Waals surface area contributed by atoms with Crippen molar-refractivity contribution >= 4 is 160 Å². The fraction of sp³-hybridized carbons (Fsp3) is 0.427. The second kappa shape index (κ2) is 35.7. The van der Waals surface area contributed by atoms with Crippen LogP contribution in [0.2, 0.25) is 15.1 Å². The Morgan fingerprint density at radius 3 is 1.25 bits per heavy atom. The summed E-state index contributed by atoms with van der Waals surface area (Å²) in [5, 5.41) is 45.1. The number of aromatic amines is 5. The summed E-state index contributed by atoms with van der Waals surface area (Å²) in [6, 6.07) is 32.9. The number of hydrogen-bond acceptors (Lipinski definition) is 19. The minimum Gasteiger partial charge on any atom is -0.370 e. The van der Waals surface area contributed by atoms with Gasteiger partial charge in [-0.1, -0.05) is 90.1 Å². The van der Waals surface area contributed by atoms with Crippen LogP contribution in [-0.2, 0) is 45.4 Å². The molecule has 110 heavy (non-hydrogen) atoms. The lowest BCUT2D eigenvalue weighted by Gasteiger charge is -2.36. The molecule has 586 valence electrons. The number of likely N-dealkylation sites (N-methyl/N-ethyl adjacent to an activating group) is 1. The highest BCUT2D eigenvalue weighted by Gasteiger charge is 2.37. The van der Waals surface area contributed by atoms with Gasteiger partial charge in [0.15, 0.2) is 0 Å². The summed E-state index contributed by atoms with van der Waals surface area (Å²) in [4.78, 5) is 38.2. The Bertz CT molecular complexity index is 5310. The average Bonchev–Trinajstić information content (AvgIpc) is 1.60. The van der Waals surface area contributed by atoms with E-state index in [4.69, 9.17) is 34.8 Å². The molecule has 0 radical (unpaired) electrons. The quantitative estimate of drug-likeness (QED) is 0.0626. The standard InChI is InChI=1S/C18H19ClN4O2S.C16H21ClN4O2S.C14H18ClN5O.C14H18N4O.C13H18N4O2S/c19-15-10-17-16(12-20-21-17)18(11-15)22-6-8-23(9-7-22)26(24,25)13-14-4-2-1-3-5-14;17-12-9-15-14(11-18-19-15)16(10-12)20-5-7-21(8-6-20)24(22,23)13-3-1-2-4-13;1-16-14(21)9-19-2-4-20(5-3-19)13-7-10(15)6-12-11(13)8-17-18-12;1-11(19)17-6-3-7-18(9-8-17)14-5-2-4-13-12(14)10-15-16-13;1-20(18,19)17-7-3-6-16(8-9-17)13-5-2-4-12-11(13)10-14-15-12/h1-5,10-12H,6-9,13H2,(H,20,21);9-11,13H,1-8H2,(H,18,19);6-8H,2-5,9H2,1H3,(H,16,21)(H,17,18);2,4-5,10H,3,6-9H2,1H3,(H,15,16);2,4-5,10H,3,6-9H2,1H3,(H,14,15). The number of piperazine rings is 3. The van der Waals surface area contributed by atoms with Crippen LogP contribution in [0.5, 0.6) is 0 Å². The molecule has 1 saturated carbocycles. The van der Waals surface area contributed by atoms with E-state index >= 15 is 0 Å². The molecule has 5 aromatic heterocycles. The van der Waals surface area contributed by atoms with Gasteiger partial charge >= 0.3 is 0 Å². The van der Waals surface area contributed by atoms with Crippen LogP contribution in [0.4, 0.5) is 28.4 Å². The minimum atomic E-state index is -3.32. The van der Waals surface area contributed by atoms with Gasteiger partial charge in [-0.15, -0.1) is 0 Å². The first kappa shape index (κ1) is 79.3. The van der Waals surface area contributed by atoms with E-state index in [2.05, 4.69) is 97.8 Å². The highest BCUT2D eigenvalue weighted by Crippen LogP contribution is 2.36. The number of rotatable bonds is 13. The molecule has 6 aromatic carbocycles. The van der Waals surface area contributed by atoms with Crippen LogP contribution < -0.4 is 29.8 Å². The van der Waals surface area contributed by atoms with E-state index < -0.39 is 30.1 Å². The zero-order valence-corrected chi connectivity index (χ0v) is 66.6. The smallest absolute Gasteiger partial charge is 0.233 e. The Labute approximate surface area is 655 Å². The number of fused-ring (bicyclic) bond motifs is 5. The number of nitrogens with zero attached hydrogens (tertiary/aromatic N) is 15. The topological polar surface area (TPSA) is 324 Å². The normalized spacial score (nSPS) is 17.8. The van der Waals surface area contributed by atoms with Crippen LogP contribution in [-0.4, -0.2) is 267 Å². The van der Waals surface area contributed by atoms with E-state index in [0.29, 0.717) is 93.6 Å². The van der Waals surface area contributed by atoms with E-state index in [1.807, 2.05) is 114 Å². The van der Waals surface area contributed by atoms with Gasteiger partial charge in [0.2, 0.25) is 41.9 Å². The van der Waals surface area contributed by atoms with Crippen molar-refractivity contribution in [1.82, 2.24) is 79.0 Å². The highest BCUT2D eigenvalue weighted by molar-refractivity contribution is 7.89. The zero-order chi connectivity index (χ0) is 77.1. The van der Waals surface area contributed by atoms with Gasteiger partial charge in [0, 0.05) is 215 Å². The number of nitrogens with one attached hydrogen (secondary N) is 6. The summed E-state index contributed by atoms with van der Waals surface area (Å²) in [6.07, 6.45) is 15.9. The van der Waals surface area contributed by atoms with E-state index in [9.17, 15) is 34.8 Å². The molecule has 0 atom stereocenters. The molecular formula is C75H94Cl3N21O8S3. The van der Waals surface area contributed by atoms with Gasteiger partial charge in [-0.2, -0.15) is 34.1 Å². The predicted molar refractivity (Wildman–Crippen MR) is 438 cm³/mol. The van der Waals surface area contributed by atoms with Crippen molar-refractivity contribution in [2.24, 2.45) is 0 Å². The largest absolute Gasteiger partial charge is 0.370 e. The molecule has 0 bridgehead atoms. The minimum absolute atomic E-state index is 0.0387. The first-order valence-electron chi connectivity index (χ1n) is 37.2. The Kier molecular flexibility index (Phi) is 25.7. The van der Waals surface area contributed by atoms with E-state index in [0.717, 1.165) is 180 Å². The van der Waals surface area contributed by atoms with Gasteiger partial charge in [0.25, 0.3) is 0 Å². The summed E-state index contributed by atoms with van der Waals surface area (Å²) < 4.78 is 78.9. The second-order valence-corrected chi connectivity index (χ2v) is 35.7. The monoisotopic (exact) mass is 1620 g/mol. The molecule has 5 saturated heterocycles.